The Morgan fingerprint density at radius 3 is 2.66 bits per heavy atom. The van der Waals surface area contributed by atoms with Crippen molar-refractivity contribution in [3.8, 4) is 22.1 Å². The highest BCUT2D eigenvalue weighted by Crippen LogP contribution is 2.32. The highest BCUT2D eigenvalue weighted by Gasteiger charge is 2.26. The number of likely N-dealkylation sites (tertiary alicyclic amines) is 1. The highest BCUT2D eigenvalue weighted by atomic mass is 32.1. The van der Waals surface area contributed by atoms with E-state index in [2.05, 4.69) is 30.9 Å². The molecule has 0 atom stereocenters. The zero-order valence-corrected chi connectivity index (χ0v) is 21.0. The Morgan fingerprint density at radius 1 is 1.03 bits per heavy atom. The lowest BCUT2D eigenvalue weighted by Crippen LogP contribution is -2.35. The normalized spacial score (nSPS) is 15.1. The molecule has 10 heteroatoms. The molecule has 4 aromatic heterocycles. The number of benzene rings is 1. The highest BCUT2D eigenvalue weighted by molar-refractivity contribution is 7.71. The third kappa shape index (κ3) is 4.07. The van der Waals surface area contributed by atoms with Gasteiger partial charge in [0.05, 0.1) is 24.3 Å². The number of rotatable bonds is 6. The second-order valence-corrected chi connectivity index (χ2v) is 9.92. The van der Waals surface area contributed by atoms with Crippen molar-refractivity contribution in [2.24, 2.45) is 0 Å². The van der Waals surface area contributed by atoms with Crippen LogP contribution < -0.4 is 4.74 Å². The van der Waals surface area contributed by atoms with Gasteiger partial charge in [0.25, 0.3) is 0 Å². The summed E-state index contributed by atoms with van der Waals surface area (Å²) in [5.74, 6) is 3.04. The number of ether oxygens (including phenoxy) is 1. The molecule has 5 heterocycles. The predicted octanol–water partition coefficient (Wildman–Crippen LogP) is 5.02. The quantitative estimate of drug-likeness (QED) is 0.303. The Balaban J connectivity index is 1.26. The van der Waals surface area contributed by atoms with E-state index in [-0.39, 0.29) is 0 Å². The lowest BCUT2D eigenvalue weighted by atomic mass is 9.96. The number of pyridine rings is 1. The smallest absolute Gasteiger partial charge is 0.204 e. The summed E-state index contributed by atoms with van der Waals surface area (Å²) >= 11 is 7.60. The van der Waals surface area contributed by atoms with Gasteiger partial charge in [0.15, 0.2) is 11.5 Å². The molecule has 0 aliphatic carbocycles. The van der Waals surface area contributed by atoms with Gasteiger partial charge >= 0.3 is 0 Å². The number of nitrogens with zero attached hydrogens (tertiary/aromatic N) is 7. The van der Waals surface area contributed by atoms with Crippen LogP contribution in [-0.4, -0.2) is 54.0 Å². The third-order valence-electron chi connectivity index (χ3n) is 6.53. The van der Waals surface area contributed by atoms with E-state index in [1.807, 2.05) is 64.0 Å². The number of methoxy groups -OCH3 is 1. The molecule has 1 saturated heterocycles. The van der Waals surface area contributed by atoms with Gasteiger partial charge in [-0.05, 0) is 60.8 Å². The van der Waals surface area contributed by atoms with Crippen LogP contribution in [-0.2, 0) is 6.67 Å². The largest absolute Gasteiger partial charge is 0.495 e. The molecule has 35 heavy (non-hydrogen) atoms. The molecular weight excluding hydrogens is 478 g/mol. The Morgan fingerprint density at radius 2 is 1.86 bits per heavy atom. The van der Waals surface area contributed by atoms with E-state index >= 15 is 0 Å². The van der Waals surface area contributed by atoms with Gasteiger partial charge in [-0.15, -0.1) is 26.6 Å². The molecule has 0 bridgehead atoms. The minimum atomic E-state index is 0.393. The minimum Gasteiger partial charge on any atom is -0.495 e. The number of para-hydroxylation sites is 2. The molecular formula is C25H25N7OS2. The summed E-state index contributed by atoms with van der Waals surface area (Å²) in [4.78, 5) is 3.48. The molecule has 0 spiro atoms. The Labute approximate surface area is 212 Å². The second-order valence-electron chi connectivity index (χ2n) is 8.61. The van der Waals surface area contributed by atoms with Crippen LogP contribution in [0.4, 0.5) is 0 Å². The van der Waals surface area contributed by atoms with E-state index in [0.717, 1.165) is 59.5 Å². The lowest BCUT2D eigenvalue weighted by molar-refractivity contribution is 0.158. The molecule has 0 amide bonds. The van der Waals surface area contributed by atoms with Crippen LogP contribution in [0.3, 0.4) is 0 Å². The standard InChI is InChI=1S/C25H25N7OS2/c1-33-20-8-3-2-7-19(20)32-24(21-9-6-16-35-21)28-31(25(32)34)17-29-14-11-18(12-15-29)23-27-26-22-10-4-5-13-30(22)23/h2-10,13,16,18H,11-12,14-15,17H2,1H3. The maximum absolute atomic E-state index is 5.95. The molecule has 8 nitrogen and oxygen atoms in total. The maximum atomic E-state index is 5.95. The van der Waals surface area contributed by atoms with E-state index in [9.17, 15) is 0 Å². The number of aromatic nitrogens is 6. The van der Waals surface area contributed by atoms with Gasteiger partial charge in [0.1, 0.15) is 11.6 Å². The van der Waals surface area contributed by atoms with Crippen molar-refractivity contribution in [3.63, 3.8) is 0 Å². The van der Waals surface area contributed by atoms with E-state index in [1.54, 1.807) is 18.4 Å². The summed E-state index contributed by atoms with van der Waals surface area (Å²) in [7, 11) is 1.68. The molecule has 0 N–H and O–H groups in total. The molecule has 0 unspecified atom stereocenters. The average Bonchev–Trinajstić information content (AvgIpc) is 3.64. The first-order chi connectivity index (χ1) is 17.2. The van der Waals surface area contributed by atoms with E-state index in [4.69, 9.17) is 22.1 Å². The van der Waals surface area contributed by atoms with Gasteiger partial charge in [0.2, 0.25) is 4.77 Å². The van der Waals surface area contributed by atoms with Crippen molar-refractivity contribution < 1.29 is 4.74 Å². The average molecular weight is 504 g/mol. The molecule has 1 fully saturated rings. The first-order valence-electron chi connectivity index (χ1n) is 11.6. The van der Waals surface area contributed by atoms with Crippen LogP contribution in [0.2, 0.25) is 0 Å². The number of thiophene rings is 1. The van der Waals surface area contributed by atoms with Crippen molar-refractivity contribution in [1.82, 2.24) is 33.8 Å². The molecule has 1 aliphatic rings. The summed E-state index contributed by atoms with van der Waals surface area (Å²) in [6, 6.07) is 18.1. The molecule has 0 saturated carbocycles. The summed E-state index contributed by atoms with van der Waals surface area (Å²) in [6.07, 6.45) is 4.09. The summed E-state index contributed by atoms with van der Waals surface area (Å²) in [6.45, 7) is 2.54. The number of piperidine rings is 1. The fourth-order valence-electron chi connectivity index (χ4n) is 4.76. The number of hydrogen-bond acceptors (Lipinski definition) is 7. The fraction of sp³-hybridized carbons (Fsp3) is 0.280. The Bertz CT molecular complexity index is 1510. The zero-order valence-electron chi connectivity index (χ0n) is 19.3. The van der Waals surface area contributed by atoms with E-state index in [0.29, 0.717) is 17.4 Å². The van der Waals surface area contributed by atoms with Gasteiger partial charge in [-0.25, -0.2) is 4.68 Å². The third-order valence-corrected chi connectivity index (χ3v) is 7.79. The summed E-state index contributed by atoms with van der Waals surface area (Å²) in [5, 5.41) is 15.8. The van der Waals surface area contributed by atoms with E-state index < -0.39 is 0 Å². The van der Waals surface area contributed by atoms with E-state index in [1.165, 1.54) is 0 Å². The van der Waals surface area contributed by atoms with Gasteiger partial charge < -0.3 is 4.74 Å². The van der Waals surface area contributed by atoms with Crippen LogP contribution in [0, 0.1) is 4.77 Å². The molecule has 1 aliphatic heterocycles. The number of fused-ring (bicyclic) bond motifs is 1. The van der Waals surface area contributed by atoms with Crippen LogP contribution in [0.15, 0.2) is 66.2 Å². The van der Waals surface area contributed by atoms with Crippen LogP contribution in [0.1, 0.15) is 24.6 Å². The zero-order chi connectivity index (χ0) is 23.8. The van der Waals surface area contributed by atoms with Gasteiger partial charge in [-0.3, -0.25) is 13.9 Å². The first kappa shape index (κ1) is 22.1. The predicted molar refractivity (Wildman–Crippen MR) is 139 cm³/mol. The van der Waals surface area contributed by atoms with Gasteiger partial charge in [0, 0.05) is 25.2 Å². The first-order valence-corrected chi connectivity index (χ1v) is 12.9. The maximum Gasteiger partial charge on any atom is 0.204 e. The van der Waals surface area contributed by atoms with Crippen molar-refractivity contribution in [2.75, 3.05) is 20.2 Å². The van der Waals surface area contributed by atoms with Crippen molar-refractivity contribution in [3.05, 3.63) is 76.8 Å². The minimum absolute atomic E-state index is 0.393. The SMILES string of the molecule is COc1ccccc1-n1c(-c2cccs2)nn(CN2CCC(c3nnc4ccccn34)CC2)c1=S. The number of hydrogen-bond donors (Lipinski definition) is 0. The summed E-state index contributed by atoms with van der Waals surface area (Å²) < 4.78 is 12.4. The molecule has 6 rings (SSSR count). The second kappa shape index (κ2) is 9.37. The van der Waals surface area contributed by atoms with Crippen LogP contribution >= 0.6 is 23.6 Å². The van der Waals surface area contributed by atoms with Crippen molar-refractivity contribution >= 4 is 29.2 Å². The molecule has 0 radical (unpaired) electrons. The topological polar surface area (TPSA) is 65.4 Å². The monoisotopic (exact) mass is 503 g/mol. The molecule has 5 aromatic rings. The Hall–Kier alpha value is -3.34. The van der Waals surface area contributed by atoms with Crippen LogP contribution in [0.5, 0.6) is 5.75 Å². The fourth-order valence-corrected chi connectivity index (χ4v) is 5.74. The van der Waals surface area contributed by atoms with Gasteiger partial charge in [-0.2, -0.15) is 0 Å². The van der Waals surface area contributed by atoms with Crippen molar-refractivity contribution in [2.45, 2.75) is 25.4 Å². The Kier molecular flexibility index (Phi) is 5.93. The molecule has 178 valence electrons. The van der Waals surface area contributed by atoms with Gasteiger partial charge in [-0.1, -0.05) is 24.3 Å². The summed E-state index contributed by atoms with van der Waals surface area (Å²) in [5.41, 5.74) is 1.80. The molecule has 1 aromatic carbocycles. The van der Waals surface area contributed by atoms with Crippen LogP contribution in [0.25, 0.3) is 22.0 Å². The lowest BCUT2D eigenvalue weighted by Gasteiger charge is -2.30. The van der Waals surface area contributed by atoms with Crippen molar-refractivity contribution in [1.29, 1.82) is 0 Å².